The average molecular weight is 400 g/mol. The van der Waals surface area contributed by atoms with Gasteiger partial charge in [0, 0.05) is 11.3 Å². The first kappa shape index (κ1) is 19.8. The van der Waals surface area contributed by atoms with Crippen LogP contribution in [0.5, 0.6) is 11.5 Å². The minimum atomic E-state index is -0.710. The van der Waals surface area contributed by atoms with Crippen LogP contribution in [0.2, 0.25) is 0 Å². The van der Waals surface area contributed by atoms with E-state index in [1.54, 1.807) is 36.1 Å². The molecule has 2 aromatic carbocycles. The minimum absolute atomic E-state index is 0.00225. The van der Waals surface area contributed by atoms with Crippen molar-refractivity contribution < 1.29 is 19.4 Å². The molecule has 3 aromatic rings. The highest BCUT2D eigenvalue weighted by atomic mass is 32.2. The van der Waals surface area contributed by atoms with Gasteiger partial charge in [0.1, 0.15) is 18.1 Å². The van der Waals surface area contributed by atoms with Gasteiger partial charge in [-0.15, -0.1) is 5.10 Å². The van der Waals surface area contributed by atoms with Gasteiger partial charge < -0.3 is 14.6 Å². The van der Waals surface area contributed by atoms with Gasteiger partial charge in [0.2, 0.25) is 5.16 Å². The fourth-order valence-electron chi connectivity index (χ4n) is 2.35. The van der Waals surface area contributed by atoms with Crippen LogP contribution < -0.4 is 9.47 Å². The Morgan fingerprint density at radius 2 is 1.82 bits per heavy atom. The van der Waals surface area contributed by atoms with Crippen LogP contribution in [0.1, 0.15) is 17.3 Å². The number of aliphatic hydroxyl groups is 1. The largest absolute Gasteiger partial charge is 0.497 e. The fraction of sp³-hybridized carbons (Fsp3) is 0.263. The lowest BCUT2D eigenvalue weighted by Gasteiger charge is -2.12. The van der Waals surface area contributed by atoms with Crippen LogP contribution in [0.15, 0.2) is 53.7 Å². The van der Waals surface area contributed by atoms with Gasteiger partial charge >= 0.3 is 0 Å². The topological polar surface area (TPSA) is 99.4 Å². The second kappa shape index (κ2) is 9.34. The van der Waals surface area contributed by atoms with Gasteiger partial charge in [-0.25, -0.2) is 0 Å². The molecule has 0 amide bonds. The summed E-state index contributed by atoms with van der Waals surface area (Å²) in [6, 6.07) is 14.2. The summed E-state index contributed by atoms with van der Waals surface area (Å²) in [5, 5.41) is 22.4. The molecule has 0 saturated heterocycles. The Labute approximate surface area is 166 Å². The molecule has 8 nitrogen and oxygen atoms in total. The fourth-order valence-corrected chi connectivity index (χ4v) is 3.15. The van der Waals surface area contributed by atoms with Gasteiger partial charge in [-0.2, -0.15) is 4.68 Å². The van der Waals surface area contributed by atoms with E-state index in [9.17, 15) is 9.90 Å². The molecular weight excluding hydrogens is 380 g/mol. The molecule has 0 radical (unpaired) electrons. The first-order valence-corrected chi connectivity index (χ1v) is 9.53. The van der Waals surface area contributed by atoms with Gasteiger partial charge in [0.25, 0.3) is 0 Å². The van der Waals surface area contributed by atoms with Gasteiger partial charge in [-0.3, -0.25) is 4.79 Å². The zero-order chi connectivity index (χ0) is 19.9. The predicted molar refractivity (Wildman–Crippen MR) is 104 cm³/mol. The highest BCUT2D eigenvalue weighted by Crippen LogP contribution is 2.21. The van der Waals surface area contributed by atoms with Crippen molar-refractivity contribution in [1.82, 2.24) is 20.2 Å². The van der Waals surface area contributed by atoms with Gasteiger partial charge in [-0.1, -0.05) is 11.8 Å². The number of tetrazole rings is 1. The Bertz CT molecular complexity index is 912. The number of carbonyl (C=O) groups excluding carboxylic acids is 1. The van der Waals surface area contributed by atoms with Crippen molar-refractivity contribution in [3.05, 3.63) is 54.1 Å². The normalized spacial score (nSPS) is 11.8. The summed E-state index contributed by atoms with van der Waals surface area (Å²) >= 11 is 1.33. The van der Waals surface area contributed by atoms with E-state index in [0.717, 1.165) is 11.4 Å². The maximum Gasteiger partial charge on any atom is 0.214 e. The van der Waals surface area contributed by atoms with Crippen molar-refractivity contribution in [2.24, 2.45) is 0 Å². The number of aliphatic hydroxyl groups excluding tert-OH is 1. The maximum atomic E-state index is 11.3. The number of thioether (sulfide) groups is 1. The summed E-state index contributed by atoms with van der Waals surface area (Å²) in [7, 11) is 1.61. The number of hydrogen-bond donors (Lipinski definition) is 1. The molecule has 0 aliphatic heterocycles. The molecule has 0 unspecified atom stereocenters. The van der Waals surface area contributed by atoms with E-state index < -0.39 is 6.10 Å². The number of methoxy groups -OCH3 is 1. The predicted octanol–water partition coefficient (Wildman–Crippen LogP) is 2.41. The smallest absolute Gasteiger partial charge is 0.214 e. The zero-order valence-electron chi connectivity index (χ0n) is 15.5. The van der Waals surface area contributed by atoms with Crippen molar-refractivity contribution >= 4 is 17.5 Å². The molecule has 1 heterocycles. The third kappa shape index (κ3) is 5.08. The lowest BCUT2D eigenvalue weighted by atomic mass is 10.1. The Morgan fingerprint density at radius 3 is 2.46 bits per heavy atom. The van der Waals surface area contributed by atoms with Gasteiger partial charge in [-0.05, 0) is 65.9 Å². The van der Waals surface area contributed by atoms with Crippen LogP contribution in [0.25, 0.3) is 5.69 Å². The van der Waals surface area contributed by atoms with E-state index >= 15 is 0 Å². The maximum absolute atomic E-state index is 11.3. The zero-order valence-corrected chi connectivity index (χ0v) is 16.3. The van der Waals surface area contributed by atoms with Crippen LogP contribution in [0.4, 0.5) is 0 Å². The summed E-state index contributed by atoms with van der Waals surface area (Å²) in [5.74, 6) is 1.70. The molecule has 1 N–H and O–H groups in total. The third-order valence-corrected chi connectivity index (χ3v) is 4.93. The first-order chi connectivity index (χ1) is 13.6. The molecule has 0 spiro atoms. The van der Waals surface area contributed by atoms with Crippen molar-refractivity contribution in [2.45, 2.75) is 18.2 Å². The van der Waals surface area contributed by atoms with E-state index in [1.165, 1.54) is 18.7 Å². The second-order valence-electron chi connectivity index (χ2n) is 5.93. The quantitative estimate of drug-likeness (QED) is 0.432. The van der Waals surface area contributed by atoms with Crippen LogP contribution >= 0.6 is 11.8 Å². The highest BCUT2D eigenvalue weighted by Gasteiger charge is 2.13. The van der Waals surface area contributed by atoms with Crippen molar-refractivity contribution in [3.8, 4) is 17.2 Å². The van der Waals surface area contributed by atoms with Crippen molar-refractivity contribution in [1.29, 1.82) is 0 Å². The van der Waals surface area contributed by atoms with E-state index in [4.69, 9.17) is 9.47 Å². The van der Waals surface area contributed by atoms with Crippen molar-refractivity contribution in [3.63, 3.8) is 0 Å². The Balaban J connectivity index is 1.52. The third-order valence-electron chi connectivity index (χ3n) is 3.87. The highest BCUT2D eigenvalue weighted by molar-refractivity contribution is 7.99. The number of carbonyl (C=O) groups is 1. The van der Waals surface area contributed by atoms with Crippen LogP contribution in [-0.4, -0.2) is 56.7 Å². The van der Waals surface area contributed by atoms with Gasteiger partial charge in [0.15, 0.2) is 5.78 Å². The van der Waals surface area contributed by atoms with E-state index in [-0.39, 0.29) is 12.4 Å². The summed E-state index contributed by atoms with van der Waals surface area (Å²) in [4.78, 5) is 11.3. The second-order valence-corrected chi connectivity index (χ2v) is 6.91. The molecular formula is C19H20N4O4S. The molecule has 0 aliphatic rings. The lowest BCUT2D eigenvalue weighted by Crippen LogP contribution is -2.20. The number of benzene rings is 2. The molecule has 146 valence electrons. The van der Waals surface area contributed by atoms with E-state index in [1.807, 2.05) is 24.3 Å². The molecule has 0 bridgehead atoms. The molecule has 0 saturated carbocycles. The molecule has 1 aromatic heterocycles. The minimum Gasteiger partial charge on any atom is -0.497 e. The number of nitrogens with zero attached hydrogens (tertiary/aromatic N) is 4. The first-order valence-electron chi connectivity index (χ1n) is 8.54. The Hall–Kier alpha value is -2.91. The van der Waals surface area contributed by atoms with Crippen molar-refractivity contribution in [2.75, 3.05) is 19.5 Å². The van der Waals surface area contributed by atoms with Crippen LogP contribution in [0.3, 0.4) is 0 Å². The standard InChI is InChI=1S/C19H20N4O4S/c1-13(24)14-3-7-18(8-4-14)27-11-16(25)12-28-19-20-21-22-23(19)15-5-9-17(26-2)10-6-15/h3-10,16,25H,11-12H2,1-2H3/t16-/m0/s1. The number of ketones is 1. The molecule has 28 heavy (non-hydrogen) atoms. The average Bonchev–Trinajstić information content (AvgIpc) is 3.19. The summed E-state index contributed by atoms with van der Waals surface area (Å²) in [6.07, 6.45) is -0.710. The van der Waals surface area contributed by atoms with Gasteiger partial charge in [0.05, 0.1) is 18.9 Å². The summed E-state index contributed by atoms with van der Waals surface area (Å²) in [6.45, 7) is 1.63. The number of ether oxygens (including phenoxy) is 2. The summed E-state index contributed by atoms with van der Waals surface area (Å²) < 4.78 is 12.3. The van der Waals surface area contributed by atoms with Crippen LogP contribution in [0, 0.1) is 0 Å². The number of aromatic nitrogens is 4. The van der Waals surface area contributed by atoms with E-state index in [2.05, 4.69) is 15.5 Å². The SMILES string of the molecule is COc1ccc(-n2nnnc2SC[C@@H](O)COc2ccc(C(C)=O)cc2)cc1. The molecule has 1 atom stereocenters. The lowest BCUT2D eigenvalue weighted by molar-refractivity contribution is 0.101. The Kier molecular flexibility index (Phi) is 6.62. The number of Topliss-reactive ketones (excluding diaryl/α,β-unsaturated/α-hetero) is 1. The number of hydrogen-bond acceptors (Lipinski definition) is 8. The summed E-state index contributed by atoms with van der Waals surface area (Å²) in [5.41, 5.74) is 1.42. The molecule has 0 aliphatic carbocycles. The molecule has 3 rings (SSSR count). The Morgan fingerprint density at radius 1 is 1.14 bits per heavy atom. The number of rotatable bonds is 9. The molecule has 0 fully saturated rings. The van der Waals surface area contributed by atoms with E-state index in [0.29, 0.717) is 22.2 Å². The molecule has 9 heteroatoms. The van der Waals surface area contributed by atoms with Crippen LogP contribution in [-0.2, 0) is 0 Å². The monoisotopic (exact) mass is 400 g/mol.